The molecule has 0 fully saturated rings. The van der Waals surface area contributed by atoms with Gasteiger partial charge in [0, 0.05) is 17.1 Å². The number of nitrogens with zero attached hydrogens (tertiary/aromatic N) is 1. The van der Waals surface area contributed by atoms with Gasteiger partial charge in [0.25, 0.3) is 11.8 Å². The smallest absolute Gasteiger partial charge is 0.266 e. The van der Waals surface area contributed by atoms with Gasteiger partial charge in [0.05, 0.1) is 16.8 Å². The number of phenolic OH excluding ortho intramolecular Hbond substituents is 1. The number of fused-ring (bicyclic) bond motifs is 3. The second-order valence-corrected chi connectivity index (χ2v) is 5.54. The van der Waals surface area contributed by atoms with Crippen LogP contribution in [0.5, 0.6) is 5.75 Å². The minimum absolute atomic E-state index is 0.0904. The van der Waals surface area contributed by atoms with Gasteiger partial charge in [-0.25, -0.2) is 4.90 Å². The molecule has 0 bridgehead atoms. The summed E-state index contributed by atoms with van der Waals surface area (Å²) in [5, 5.41) is 10.2. The minimum atomic E-state index is -0.324. The first-order valence-corrected chi connectivity index (χ1v) is 7.42. The average molecular weight is 306 g/mol. The molecule has 0 saturated carbocycles. The zero-order valence-electron chi connectivity index (χ0n) is 12.5. The SMILES string of the molecule is CCc1cc2[nH]ccc2c2c1C(=O)N(c1ccc(O)cc1)C2=O. The largest absolute Gasteiger partial charge is 0.508 e. The normalized spacial score (nSPS) is 13.9. The number of imide groups is 1. The first-order valence-electron chi connectivity index (χ1n) is 7.42. The Hall–Kier alpha value is -3.08. The van der Waals surface area contributed by atoms with E-state index in [0.717, 1.165) is 16.5 Å². The van der Waals surface area contributed by atoms with Gasteiger partial charge in [-0.15, -0.1) is 0 Å². The Balaban J connectivity index is 1.96. The topological polar surface area (TPSA) is 73.4 Å². The van der Waals surface area contributed by atoms with Crippen molar-refractivity contribution in [2.75, 3.05) is 4.90 Å². The summed E-state index contributed by atoms with van der Waals surface area (Å²) in [6.45, 7) is 1.96. The van der Waals surface area contributed by atoms with Gasteiger partial charge in [-0.3, -0.25) is 9.59 Å². The van der Waals surface area contributed by atoms with Crippen molar-refractivity contribution >= 4 is 28.4 Å². The average Bonchev–Trinajstić information content (AvgIpc) is 3.11. The van der Waals surface area contributed by atoms with E-state index < -0.39 is 0 Å². The van der Waals surface area contributed by atoms with Crippen LogP contribution in [-0.2, 0) is 6.42 Å². The van der Waals surface area contributed by atoms with Gasteiger partial charge in [0.15, 0.2) is 0 Å². The lowest BCUT2D eigenvalue weighted by Crippen LogP contribution is -2.29. The minimum Gasteiger partial charge on any atom is -0.508 e. The van der Waals surface area contributed by atoms with Crippen molar-refractivity contribution in [3.63, 3.8) is 0 Å². The molecule has 0 spiro atoms. The molecule has 23 heavy (non-hydrogen) atoms. The summed E-state index contributed by atoms with van der Waals surface area (Å²) in [4.78, 5) is 30.1. The molecule has 3 aromatic rings. The van der Waals surface area contributed by atoms with Gasteiger partial charge in [0.2, 0.25) is 0 Å². The maximum Gasteiger partial charge on any atom is 0.266 e. The molecule has 0 radical (unpaired) electrons. The monoisotopic (exact) mass is 306 g/mol. The van der Waals surface area contributed by atoms with Crippen LogP contribution in [0, 0.1) is 0 Å². The van der Waals surface area contributed by atoms with Crippen LogP contribution in [0.1, 0.15) is 33.2 Å². The molecule has 0 aliphatic carbocycles. The quantitative estimate of drug-likeness (QED) is 0.714. The Morgan fingerprint density at radius 1 is 1.04 bits per heavy atom. The number of aryl methyl sites for hydroxylation is 1. The second-order valence-electron chi connectivity index (χ2n) is 5.54. The first kappa shape index (κ1) is 13.6. The molecule has 1 aliphatic rings. The third-order valence-electron chi connectivity index (χ3n) is 4.26. The highest BCUT2D eigenvalue weighted by Crippen LogP contribution is 2.36. The fourth-order valence-electron chi connectivity index (χ4n) is 3.16. The predicted molar refractivity (Wildman–Crippen MR) is 86.9 cm³/mol. The lowest BCUT2D eigenvalue weighted by molar-refractivity contribution is 0.0926. The van der Waals surface area contributed by atoms with Gasteiger partial charge in [-0.2, -0.15) is 0 Å². The number of H-pyrrole nitrogens is 1. The molecule has 2 aromatic carbocycles. The van der Waals surface area contributed by atoms with Crippen LogP contribution in [0.25, 0.3) is 10.9 Å². The van der Waals surface area contributed by atoms with Crippen molar-refractivity contribution in [2.24, 2.45) is 0 Å². The molecule has 2 heterocycles. The molecule has 0 unspecified atom stereocenters. The highest BCUT2D eigenvalue weighted by molar-refractivity contribution is 6.38. The van der Waals surface area contributed by atoms with Crippen molar-refractivity contribution < 1.29 is 14.7 Å². The number of rotatable bonds is 2. The Labute approximate surface area is 132 Å². The van der Waals surface area contributed by atoms with Crippen molar-refractivity contribution in [1.82, 2.24) is 4.98 Å². The third kappa shape index (κ3) is 1.80. The molecule has 2 N–H and O–H groups in total. The summed E-state index contributed by atoms with van der Waals surface area (Å²) in [5.74, 6) is -0.543. The van der Waals surface area contributed by atoms with Gasteiger partial charge in [-0.05, 0) is 48.4 Å². The van der Waals surface area contributed by atoms with E-state index in [-0.39, 0.29) is 17.6 Å². The number of nitrogens with one attached hydrogen (secondary N) is 1. The van der Waals surface area contributed by atoms with Crippen LogP contribution in [0.15, 0.2) is 42.6 Å². The molecular formula is C18H14N2O3. The number of hydrogen-bond acceptors (Lipinski definition) is 3. The lowest BCUT2D eigenvalue weighted by atomic mass is 9.97. The number of phenols is 1. The molecule has 5 nitrogen and oxygen atoms in total. The number of aromatic hydroxyl groups is 1. The van der Waals surface area contributed by atoms with E-state index in [1.165, 1.54) is 17.0 Å². The van der Waals surface area contributed by atoms with Crippen LogP contribution >= 0.6 is 0 Å². The molecular weight excluding hydrogens is 292 g/mol. The Kier molecular flexibility index (Phi) is 2.78. The summed E-state index contributed by atoms with van der Waals surface area (Å²) in [7, 11) is 0. The van der Waals surface area contributed by atoms with E-state index in [1.807, 2.05) is 19.1 Å². The molecule has 0 saturated heterocycles. The summed E-state index contributed by atoms with van der Waals surface area (Å²) in [5.41, 5.74) is 3.11. The second kappa shape index (κ2) is 4.71. The number of aromatic amines is 1. The standard InChI is InChI=1S/C18H14N2O3/c1-2-10-9-14-13(7-8-19-14)16-15(10)17(22)20(18(16)23)11-3-5-12(21)6-4-11/h3-9,19,21H,2H2,1H3. The zero-order chi connectivity index (χ0) is 16.1. The number of benzene rings is 2. The predicted octanol–water partition coefficient (Wildman–Crippen LogP) is 3.24. The molecule has 2 amide bonds. The van der Waals surface area contributed by atoms with Crippen LogP contribution in [-0.4, -0.2) is 21.9 Å². The number of aromatic nitrogens is 1. The summed E-state index contributed by atoms with van der Waals surface area (Å²) >= 11 is 0. The fraction of sp³-hybridized carbons (Fsp3) is 0.111. The van der Waals surface area contributed by atoms with Crippen molar-refractivity contribution in [2.45, 2.75) is 13.3 Å². The third-order valence-corrected chi connectivity index (χ3v) is 4.26. The van der Waals surface area contributed by atoms with Crippen LogP contribution in [0.2, 0.25) is 0 Å². The van der Waals surface area contributed by atoms with E-state index in [2.05, 4.69) is 4.98 Å². The van der Waals surface area contributed by atoms with Gasteiger partial charge >= 0.3 is 0 Å². The van der Waals surface area contributed by atoms with Crippen LogP contribution < -0.4 is 4.90 Å². The van der Waals surface area contributed by atoms with E-state index >= 15 is 0 Å². The fourth-order valence-corrected chi connectivity index (χ4v) is 3.16. The zero-order valence-corrected chi connectivity index (χ0v) is 12.5. The molecule has 1 aromatic heterocycles. The number of anilines is 1. The van der Waals surface area contributed by atoms with E-state index in [9.17, 15) is 14.7 Å². The number of carbonyl (C=O) groups excluding carboxylic acids is 2. The van der Waals surface area contributed by atoms with Gasteiger partial charge in [0.1, 0.15) is 5.75 Å². The maximum absolute atomic E-state index is 12.9. The number of carbonyl (C=O) groups is 2. The summed E-state index contributed by atoms with van der Waals surface area (Å²) < 4.78 is 0. The highest BCUT2D eigenvalue weighted by Gasteiger charge is 2.39. The summed E-state index contributed by atoms with van der Waals surface area (Å²) in [6, 6.07) is 9.81. The summed E-state index contributed by atoms with van der Waals surface area (Å²) in [6.07, 6.45) is 2.44. The highest BCUT2D eigenvalue weighted by atomic mass is 16.3. The first-order chi connectivity index (χ1) is 11.1. The van der Waals surface area contributed by atoms with Gasteiger partial charge in [-0.1, -0.05) is 6.92 Å². The molecule has 1 aliphatic heterocycles. The Bertz CT molecular complexity index is 954. The van der Waals surface area contributed by atoms with E-state index in [0.29, 0.717) is 23.2 Å². The molecule has 4 rings (SSSR count). The number of amides is 2. The van der Waals surface area contributed by atoms with Crippen molar-refractivity contribution in [3.8, 4) is 5.75 Å². The van der Waals surface area contributed by atoms with Crippen molar-refractivity contribution in [3.05, 3.63) is 59.3 Å². The maximum atomic E-state index is 12.9. The molecule has 114 valence electrons. The lowest BCUT2D eigenvalue weighted by Gasteiger charge is -2.13. The van der Waals surface area contributed by atoms with Crippen LogP contribution in [0.4, 0.5) is 5.69 Å². The van der Waals surface area contributed by atoms with Crippen LogP contribution in [0.3, 0.4) is 0 Å². The van der Waals surface area contributed by atoms with Crippen molar-refractivity contribution in [1.29, 1.82) is 0 Å². The number of hydrogen-bond donors (Lipinski definition) is 2. The Morgan fingerprint density at radius 3 is 2.43 bits per heavy atom. The Morgan fingerprint density at radius 2 is 1.74 bits per heavy atom. The van der Waals surface area contributed by atoms with Gasteiger partial charge < -0.3 is 10.1 Å². The van der Waals surface area contributed by atoms with E-state index in [4.69, 9.17) is 0 Å². The van der Waals surface area contributed by atoms with E-state index in [1.54, 1.807) is 18.3 Å². The molecule has 0 atom stereocenters. The molecule has 5 heteroatoms.